The van der Waals surface area contributed by atoms with Gasteiger partial charge in [-0.05, 0) is 50.9 Å². The number of nitrogens with one attached hydrogen (secondary N) is 1. The summed E-state index contributed by atoms with van der Waals surface area (Å²) in [6.45, 7) is 11.2. The minimum Gasteiger partial charge on any atom is -0.315 e. The molecule has 2 nitrogen and oxygen atoms in total. The second-order valence-electron chi connectivity index (χ2n) is 6.62. The maximum absolute atomic E-state index is 3.54. The van der Waals surface area contributed by atoms with E-state index in [1.54, 1.807) is 0 Å². The van der Waals surface area contributed by atoms with Gasteiger partial charge in [-0.1, -0.05) is 36.2 Å². The third-order valence-corrected chi connectivity index (χ3v) is 5.88. The lowest BCUT2D eigenvalue weighted by molar-refractivity contribution is 0.244. The van der Waals surface area contributed by atoms with Crippen molar-refractivity contribution in [1.82, 2.24) is 10.2 Å². The third-order valence-electron chi connectivity index (χ3n) is 4.60. The minimum absolute atomic E-state index is 0.402. The molecule has 0 amide bonds. The van der Waals surface area contributed by atoms with Crippen LogP contribution in [0, 0.1) is 13.8 Å². The zero-order valence-electron chi connectivity index (χ0n) is 14.6. The van der Waals surface area contributed by atoms with Crippen LogP contribution in [0.25, 0.3) is 0 Å². The number of hydrogen-bond acceptors (Lipinski definition) is 3. The Morgan fingerprint density at radius 3 is 2.57 bits per heavy atom. The Balaban J connectivity index is 2.00. The highest BCUT2D eigenvalue weighted by atomic mass is 32.1. The normalized spacial score (nSPS) is 17.9. The SMILES string of the molecule is CCc1ccc(C(c2cc(C)cc(C)c2)N2CCCNCC2)s1. The van der Waals surface area contributed by atoms with Crippen LogP contribution in [0.4, 0.5) is 0 Å². The molecule has 1 atom stereocenters. The molecule has 2 aromatic rings. The van der Waals surface area contributed by atoms with Crippen LogP contribution < -0.4 is 5.32 Å². The van der Waals surface area contributed by atoms with Crippen LogP contribution in [0.1, 0.15) is 45.8 Å². The first kappa shape index (κ1) is 16.7. The Kier molecular flexibility index (Phi) is 5.52. The number of benzene rings is 1. The van der Waals surface area contributed by atoms with Crippen LogP contribution >= 0.6 is 11.3 Å². The number of nitrogens with zero attached hydrogens (tertiary/aromatic N) is 1. The Hall–Kier alpha value is -1.16. The van der Waals surface area contributed by atoms with Crippen molar-refractivity contribution in [2.24, 2.45) is 0 Å². The van der Waals surface area contributed by atoms with Crippen LogP contribution in [0.3, 0.4) is 0 Å². The lowest BCUT2D eigenvalue weighted by atomic mass is 9.98. The van der Waals surface area contributed by atoms with Crippen LogP contribution in [0.2, 0.25) is 0 Å². The lowest BCUT2D eigenvalue weighted by Gasteiger charge is -2.30. The van der Waals surface area contributed by atoms with Crippen LogP contribution in [0.5, 0.6) is 0 Å². The molecule has 1 aliphatic rings. The summed E-state index contributed by atoms with van der Waals surface area (Å²) in [6, 6.07) is 12.1. The first-order chi connectivity index (χ1) is 11.2. The van der Waals surface area contributed by atoms with Gasteiger partial charge in [0.1, 0.15) is 0 Å². The highest BCUT2D eigenvalue weighted by molar-refractivity contribution is 7.12. The molecular formula is C20H28N2S. The predicted octanol–water partition coefficient (Wildman–Crippen LogP) is 4.31. The maximum Gasteiger partial charge on any atom is 0.0696 e. The monoisotopic (exact) mass is 328 g/mol. The molecule has 23 heavy (non-hydrogen) atoms. The average Bonchev–Trinajstić information content (AvgIpc) is 2.82. The average molecular weight is 329 g/mol. The van der Waals surface area contributed by atoms with E-state index in [-0.39, 0.29) is 0 Å². The molecule has 1 aliphatic heterocycles. The van der Waals surface area contributed by atoms with Gasteiger partial charge in [0, 0.05) is 29.4 Å². The van der Waals surface area contributed by atoms with Crippen LogP contribution in [0.15, 0.2) is 30.3 Å². The topological polar surface area (TPSA) is 15.3 Å². The minimum atomic E-state index is 0.402. The van der Waals surface area contributed by atoms with Crippen LogP contribution in [-0.2, 0) is 6.42 Å². The van der Waals surface area contributed by atoms with E-state index in [2.05, 4.69) is 61.3 Å². The summed E-state index contributed by atoms with van der Waals surface area (Å²) in [7, 11) is 0. The molecule has 0 radical (unpaired) electrons. The fourth-order valence-corrected chi connectivity index (χ4v) is 4.70. The molecular weight excluding hydrogens is 300 g/mol. The third kappa shape index (κ3) is 4.03. The Morgan fingerprint density at radius 2 is 1.87 bits per heavy atom. The molecule has 1 fully saturated rings. The van der Waals surface area contributed by atoms with Gasteiger partial charge in [-0.3, -0.25) is 4.90 Å². The number of rotatable bonds is 4. The van der Waals surface area contributed by atoms with Crippen molar-refractivity contribution in [2.75, 3.05) is 26.2 Å². The van der Waals surface area contributed by atoms with E-state index < -0.39 is 0 Å². The number of hydrogen-bond donors (Lipinski definition) is 1. The quantitative estimate of drug-likeness (QED) is 0.899. The molecule has 0 spiro atoms. The largest absolute Gasteiger partial charge is 0.315 e. The summed E-state index contributed by atoms with van der Waals surface area (Å²) in [5.41, 5.74) is 4.18. The first-order valence-corrected chi connectivity index (χ1v) is 9.60. The Bertz CT molecular complexity index is 619. The van der Waals surface area contributed by atoms with Crippen molar-refractivity contribution in [3.8, 4) is 0 Å². The summed E-state index contributed by atoms with van der Waals surface area (Å²) in [5, 5.41) is 3.54. The molecule has 1 saturated heterocycles. The van der Waals surface area contributed by atoms with Gasteiger partial charge in [-0.2, -0.15) is 0 Å². The Morgan fingerprint density at radius 1 is 1.09 bits per heavy atom. The molecule has 2 heterocycles. The summed E-state index contributed by atoms with van der Waals surface area (Å²) >= 11 is 1.99. The molecule has 0 aliphatic carbocycles. The standard InChI is InChI=1S/C20H28N2S/c1-4-18-6-7-19(23-18)20(22-10-5-8-21-9-11-22)17-13-15(2)12-16(3)14-17/h6-7,12-14,20-21H,4-5,8-11H2,1-3H3. The predicted molar refractivity (Wildman–Crippen MR) is 101 cm³/mol. The maximum atomic E-state index is 3.54. The molecule has 0 saturated carbocycles. The highest BCUT2D eigenvalue weighted by Gasteiger charge is 2.25. The molecule has 1 N–H and O–H groups in total. The second kappa shape index (κ2) is 7.61. The van der Waals surface area contributed by atoms with Crippen molar-refractivity contribution in [1.29, 1.82) is 0 Å². The van der Waals surface area contributed by atoms with Gasteiger partial charge >= 0.3 is 0 Å². The first-order valence-electron chi connectivity index (χ1n) is 8.79. The fourth-order valence-electron chi connectivity index (χ4n) is 3.58. The van der Waals surface area contributed by atoms with Crippen molar-refractivity contribution >= 4 is 11.3 Å². The number of thiophene rings is 1. The molecule has 0 bridgehead atoms. The highest BCUT2D eigenvalue weighted by Crippen LogP contribution is 2.35. The van der Waals surface area contributed by atoms with E-state index in [0.29, 0.717) is 6.04 Å². The van der Waals surface area contributed by atoms with Crippen molar-refractivity contribution in [3.05, 3.63) is 56.8 Å². The summed E-state index contributed by atoms with van der Waals surface area (Å²) in [4.78, 5) is 5.65. The summed E-state index contributed by atoms with van der Waals surface area (Å²) in [6.07, 6.45) is 2.36. The van der Waals surface area contributed by atoms with Gasteiger partial charge in [0.2, 0.25) is 0 Å². The van der Waals surface area contributed by atoms with Gasteiger partial charge < -0.3 is 5.32 Å². The Labute approximate surface area is 144 Å². The van der Waals surface area contributed by atoms with Gasteiger partial charge in [-0.25, -0.2) is 0 Å². The molecule has 1 aromatic heterocycles. The van der Waals surface area contributed by atoms with E-state index >= 15 is 0 Å². The lowest BCUT2D eigenvalue weighted by Crippen LogP contribution is -2.32. The van der Waals surface area contributed by atoms with E-state index in [1.807, 2.05) is 11.3 Å². The number of aryl methyl sites for hydroxylation is 3. The van der Waals surface area contributed by atoms with Crippen molar-refractivity contribution in [2.45, 2.75) is 39.7 Å². The van der Waals surface area contributed by atoms with Crippen molar-refractivity contribution < 1.29 is 0 Å². The molecule has 1 aromatic carbocycles. The van der Waals surface area contributed by atoms with E-state index in [9.17, 15) is 0 Å². The van der Waals surface area contributed by atoms with E-state index in [1.165, 1.54) is 39.4 Å². The van der Waals surface area contributed by atoms with E-state index in [4.69, 9.17) is 0 Å². The zero-order chi connectivity index (χ0) is 16.2. The zero-order valence-corrected chi connectivity index (χ0v) is 15.4. The second-order valence-corrected chi connectivity index (χ2v) is 7.82. The molecule has 3 rings (SSSR count). The van der Waals surface area contributed by atoms with Crippen LogP contribution in [-0.4, -0.2) is 31.1 Å². The van der Waals surface area contributed by atoms with Gasteiger partial charge in [0.15, 0.2) is 0 Å². The van der Waals surface area contributed by atoms with Crippen molar-refractivity contribution in [3.63, 3.8) is 0 Å². The molecule has 124 valence electrons. The summed E-state index contributed by atoms with van der Waals surface area (Å²) in [5.74, 6) is 0. The van der Waals surface area contributed by atoms with Gasteiger partial charge in [-0.15, -0.1) is 11.3 Å². The molecule has 1 unspecified atom stereocenters. The van der Waals surface area contributed by atoms with Gasteiger partial charge in [0.25, 0.3) is 0 Å². The molecule has 3 heteroatoms. The van der Waals surface area contributed by atoms with Gasteiger partial charge in [0.05, 0.1) is 6.04 Å². The smallest absolute Gasteiger partial charge is 0.0696 e. The summed E-state index contributed by atoms with van der Waals surface area (Å²) < 4.78 is 0. The fraction of sp³-hybridized carbons (Fsp3) is 0.500. The van der Waals surface area contributed by atoms with E-state index in [0.717, 1.165) is 26.1 Å².